The Labute approximate surface area is 92.3 Å². The van der Waals surface area contributed by atoms with Gasteiger partial charge in [-0.15, -0.1) is 0 Å². The molecule has 0 unspecified atom stereocenters. The molecule has 1 N–H and O–H groups in total. The Kier molecular flexibility index (Phi) is 2.96. The summed E-state index contributed by atoms with van der Waals surface area (Å²) >= 11 is 0. The van der Waals surface area contributed by atoms with Gasteiger partial charge in [0.1, 0.15) is 0 Å². The Morgan fingerprint density at radius 3 is 2.87 bits per heavy atom. The normalized spacial score (nSPS) is 14.8. The average molecular weight is 204 g/mol. The van der Waals surface area contributed by atoms with Gasteiger partial charge in [-0.25, -0.2) is 0 Å². The first-order chi connectivity index (χ1) is 7.22. The maximum Gasteiger partial charge on any atom is 0.0405 e. The van der Waals surface area contributed by atoms with Crippen LogP contribution < -0.4 is 10.2 Å². The minimum absolute atomic E-state index is 0.607. The molecule has 0 spiro atoms. The van der Waals surface area contributed by atoms with Gasteiger partial charge >= 0.3 is 0 Å². The van der Waals surface area contributed by atoms with E-state index >= 15 is 0 Å². The van der Waals surface area contributed by atoms with Gasteiger partial charge in [0.2, 0.25) is 0 Å². The molecule has 0 saturated carbocycles. The monoisotopic (exact) mass is 204 g/mol. The van der Waals surface area contributed by atoms with Gasteiger partial charge in [-0.1, -0.05) is 12.1 Å². The first kappa shape index (κ1) is 10.5. The molecular weight excluding hydrogens is 184 g/mol. The molecule has 2 nitrogen and oxygen atoms in total. The van der Waals surface area contributed by atoms with Crippen LogP contribution in [0.5, 0.6) is 0 Å². The van der Waals surface area contributed by atoms with Crippen molar-refractivity contribution in [2.75, 3.05) is 18.5 Å². The molecule has 1 aliphatic rings. The first-order valence-electron chi connectivity index (χ1n) is 5.75. The number of nitrogens with zero attached hydrogens (tertiary/aromatic N) is 1. The number of anilines is 1. The van der Waals surface area contributed by atoms with Crippen LogP contribution in [0.15, 0.2) is 18.2 Å². The fourth-order valence-corrected chi connectivity index (χ4v) is 2.30. The minimum Gasteiger partial charge on any atom is -0.369 e. The fraction of sp³-hybridized carbons (Fsp3) is 0.538. The Hall–Kier alpha value is -1.02. The molecule has 82 valence electrons. The lowest BCUT2D eigenvalue weighted by Crippen LogP contribution is -2.28. The summed E-state index contributed by atoms with van der Waals surface area (Å²) in [4.78, 5) is 2.49. The van der Waals surface area contributed by atoms with Gasteiger partial charge < -0.3 is 10.2 Å². The van der Waals surface area contributed by atoms with Crippen molar-refractivity contribution in [3.8, 4) is 0 Å². The van der Waals surface area contributed by atoms with Crippen molar-refractivity contribution in [3.63, 3.8) is 0 Å². The average Bonchev–Trinajstić information content (AvgIpc) is 2.61. The summed E-state index contributed by atoms with van der Waals surface area (Å²) < 4.78 is 0. The highest BCUT2D eigenvalue weighted by Gasteiger charge is 2.20. The minimum atomic E-state index is 0.607. The Bertz CT molecular complexity index is 344. The van der Waals surface area contributed by atoms with Gasteiger partial charge in [0.15, 0.2) is 0 Å². The van der Waals surface area contributed by atoms with Crippen LogP contribution in [0.3, 0.4) is 0 Å². The highest BCUT2D eigenvalue weighted by Crippen LogP contribution is 2.30. The number of fused-ring (bicyclic) bond motifs is 1. The van der Waals surface area contributed by atoms with Crippen molar-refractivity contribution in [3.05, 3.63) is 29.3 Å². The summed E-state index contributed by atoms with van der Waals surface area (Å²) in [6.45, 7) is 6.66. The maximum absolute atomic E-state index is 3.20. The molecular formula is C13H20N2. The molecule has 1 aliphatic heterocycles. The topological polar surface area (TPSA) is 15.3 Å². The van der Waals surface area contributed by atoms with Crippen LogP contribution in [0.25, 0.3) is 0 Å². The van der Waals surface area contributed by atoms with E-state index in [1.807, 2.05) is 7.05 Å². The zero-order valence-electron chi connectivity index (χ0n) is 9.88. The van der Waals surface area contributed by atoms with E-state index in [1.54, 1.807) is 0 Å². The van der Waals surface area contributed by atoms with E-state index < -0.39 is 0 Å². The van der Waals surface area contributed by atoms with E-state index in [0.29, 0.717) is 6.04 Å². The molecule has 1 aromatic rings. The van der Waals surface area contributed by atoms with Crippen LogP contribution >= 0.6 is 0 Å². The van der Waals surface area contributed by atoms with E-state index in [9.17, 15) is 0 Å². The summed E-state index contributed by atoms with van der Waals surface area (Å²) in [5.74, 6) is 0. The number of nitrogens with one attached hydrogen (secondary N) is 1. The standard InChI is InChI=1S/C13H20N2/c1-10(2)15-7-6-12-5-4-11(9-14-3)8-13(12)15/h4-5,8,10,14H,6-7,9H2,1-3H3. The second kappa shape index (κ2) is 4.23. The fourth-order valence-electron chi connectivity index (χ4n) is 2.30. The molecule has 0 aliphatic carbocycles. The largest absolute Gasteiger partial charge is 0.369 e. The zero-order valence-corrected chi connectivity index (χ0v) is 9.88. The predicted molar refractivity (Wildman–Crippen MR) is 65.4 cm³/mol. The van der Waals surface area contributed by atoms with Gasteiger partial charge in [0.05, 0.1) is 0 Å². The first-order valence-corrected chi connectivity index (χ1v) is 5.75. The molecule has 0 saturated heterocycles. The Morgan fingerprint density at radius 2 is 2.20 bits per heavy atom. The maximum atomic E-state index is 3.20. The summed E-state index contributed by atoms with van der Waals surface area (Å²) in [6.07, 6.45) is 1.20. The number of hydrogen-bond acceptors (Lipinski definition) is 2. The predicted octanol–water partition coefficient (Wildman–Crippen LogP) is 2.18. The lowest BCUT2D eigenvalue weighted by Gasteiger charge is -2.24. The number of hydrogen-bond donors (Lipinski definition) is 1. The molecule has 0 aromatic heterocycles. The van der Waals surface area contributed by atoms with Crippen LogP contribution in [0.4, 0.5) is 5.69 Å². The van der Waals surface area contributed by atoms with E-state index in [4.69, 9.17) is 0 Å². The van der Waals surface area contributed by atoms with Crippen molar-refractivity contribution in [2.24, 2.45) is 0 Å². The van der Waals surface area contributed by atoms with Crippen LogP contribution in [-0.4, -0.2) is 19.6 Å². The summed E-state index contributed by atoms with van der Waals surface area (Å²) in [6, 6.07) is 7.46. The Morgan fingerprint density at radius 1 is 1.40 bits per heavy atom. The molecule has 1 aromatic carbocycles. The molecule has 0 atom stereocenters. The third-order valence-corrected chi connectivity index (χ3v) is 3.09. The van der Waals surface area contributed by atoms with Crippen molar-refractivity contribution in [1.82, 2.24) is 5.32 Å². The van der Waals surface area contributed by atoms with Crippen molar-refractivity contribution in [2.45, 2.75) is 32.9 Å². The van der Waals surface area contributed by atoms with Crippen molar-refractivity contribution >= 4 is 5.69 Å². The molecule has 0 fully saturated rings. The second-order valence-electron chi connectivity index (χ2n) is 4.53. The highest BCUT2D eigenvalue weighted by atomic mass is 15.2. The number of benzene rings is 1. The second-order valence-corrected chi connectivity index (χ2v) is 4.53. The summed E-state index contributed by atoms with van der Waals surface area (Å²) in [7, 11) is 1.99. The third kappa shape index (κ3) is 2.00. The summed E-state index contributed by atoms with van der Waals surface area (Å²) in [5, 5.41) is 3.20. The SMILES string of the molecule is CNCc1ccc2c(c1)N(C(C)C)CC2. The molecule has 0 radical (unpaired) electrons. The smallest absolute Gasteiger partial charge is 0.0405 e. The quantitative estimate of drug-likeness (QED) is 0.812. The molecule has 0 bridgehead atoms. The highest BCUT2D eigenvalue weighted by molar-refractivity contribution is 5.60. The van der Waals surface area contributed by atoms with E-state index in [2.05, 4.69) is 42.3 Å². The molecule has 2 heteroatoms. The zero-order chi connectivity index (χ0) is 10.8. The molecule has 2 rings (SSSR count). The number of rotatable bonds is 3. The van der Waals surface area contributed by atoms with E-state index in [1.165, 1.54) is 29.8 Å². The lowest BCUT2D eigenvalue weighted by molar-refractivity contribution is 0.709. The van der Waals surface area contributed by atoms with Crippen molar-refractivity contribution < 1.29 is 0 Å². The van der Waals surface area contributed by atoms with Gasteiger partial charge in [0, 0.05) is 24.8 Å². The molecule has 0 amide bonds. The summed E-state index contributed by atoms with van der Waals surface area (Å²) in [5.41, 5.74) is 4.32. The van der Waals surface area contributed by atoms with E-state index in [0.717, 1.165) is 6.54 Å². The third-order valence-electron chi connectivity index (χ3n) is 3.09. The van der Waals surface area contributed by atoms with Gasteiger partial charge in [-0.2, -0.15) is 0 Å². The van der Waals surface area contributed by atoms with Crippen LogP contribution in [0.2, 0.25) is 0 Å². The lowest BCUT2D eigenvalue weighted by atomic mass is 10.1. The van der Waals surface area contributed by atoms with Gasteiger partial charge in [0.25, 0.3) is 0 Å². The Balaban J connectivity index is 2.29. The van der Waals surface area contributed by atoms with Crippen molar-refractivity contribution in [1.29, 1.82) is 0 Å². The molecule has 15 heavy (non-hydrogen) atoms. The van der Waals surface area contributed by atoms with Gasteiger partial charge in [-0.3, -0.25) is 0 Å². The van der Waals surface area contributed by atoms with E-state index in [-0.39, 0.29) is 0 Å². The van der Waals surface area contributed by atoms with Crippen LogP contribution in [0.1, 0.15) is 25.0 Å². The van der Waals surface area contributed by atoms with Gasteiger partial charge in [-0.05, 0) is 44.5 Å². The van der Waals surface area contributed by atoms with Crippen LogP contribution in [-0.2, 0) is 13.0 Å². The molecule has 1 heterocycles. The van der Waals surface area contributed by atoms with Crippen LogP contribution in [0, 0.1) is 0 Å².